The van der Waals surface area contributed by atoms with Gasteiger partial charge in [0.1, 0.15) is 0 Å². The van der Waals surface area contributed by atoms with Crippen molar-refractivity contribution in [3.05, 3.63) is 57.3 Å². The second kappa shape index (κ2) is 6.72. The fourth-order valence-corrected chi connectivity index (χ4v) is 2.38. The van der Waals surface area contributed by atoms with Crippen LogP contribution in [0.3, 0.4) is 0 Å². The van der Waals surface area contributed by atoms with E-state index < -0.39 is 0 Å². The van der Waals surface area contributed by atoms with Crippen LogP contribution in [0.5, 0.6) is 0 Å². The first kappa shape index (κ1) is 15.5. The summed E-state index contributed by atoms with van der Waals surface area (Å²) < 4.78 is 1.68. The Bertz CT molecular complexity index is 702. The molecular formula is C17H18ClNO2. The number of halogens is 1. The third kappa shape index (κ3) is 3.42. The second-order valence-electron chi connectivity index (χ2n) is 5.01. The predicted octanol–water partition coefficient (Wildman–Crippen LogP) is 4.17. The van der Waals surface area contributed by atoms with Gasteiger partial charge in [-0.3, -0.25) is 9.59 Å². The van der Waals surface area contributed by atoms with Crippen LogP contribution in [0, 0.1) is 0 Å². The van der Waals surface area contributed by atoms with Crippen molar-refractivity contribution in [2.24, 2.45) is 0 Å². The van der Waals surface area contributed by atoms with Gasteiger partial charge in [0.15, 0.2) is 5.78 Å². The summed E-state index contributed by atoms with van der Waals surface area (Å²) >= 11 is 5.91. The summed E-state index contributed by atoms with van der Waals surface area (Å²) in [6, 6.07) is 10.8. The number of benzene rings is 1. The Kier molecular flexibility index (Phi) is 4.97. The zero-order valence-electron chi connectivity index (χ0n) is 12.2. The molecule has 0 aliphatic rings. The van der Waals surface area contributed by atoms with E-state index in [-0.39, 0.29) is 16.9 Å². The summed E-state index contributed by atoms with van der Waals surface area (Å²) in [4.78, 5) is 24.0. The zero-order chi connectivity index (χ0) is 15.4. The van der Waals surface area contributed by atoms with Gasteiger partial charge in [0.05, 0.1) is 11.3 Å². The largest absolute Gasteiger partial charge is 0.308 e. The van der Waals surface area contributed by atoms with E-state index in [4.69, 9.17) is 11.6 Å². The number of unbranched alkanes of at least 4 members (excludes halogenated alkanes) is 1. The SMILES string of the molecule is CCCCn1c(-c2ccc(Cl)cc2)ccc(C(C)=O)c1=O. The molecule has 0 amide bonds. The van der Waals surface area contributed by atoms with E-state index in [1.54, 1.807) is 22.8 Å². The number of ketones is 1. The Labute approximate surface area is 129 Å². The molecule has 2 rings (SSSR count). The van der Waals surface area contributed by atoms with Gasteiger partial charge in [-0.05, 0) is 43.2 Å². The Morgan fingerprint density at radius 2 is 1.81 bits per heavy atom. The van der Waals surface area contributed by atoms with Gasteiger partial charge in [-0.1, -0.05) is 37.1 Å². The molecule has 2 aromatic rings. The van der Waals surface area contributed by atoms with Crippen molar-refractivity contribution >= 4 is 17.4 Å². The molecule has 0 spiro atoms. The normalized spacial score (nSPS) is 10.6. The summed E-state index contributed by atoms with van der Waals surface area (Å²) in [6.45, 7) is 4.10. The lowest BCUT2D eigenvalue weighted by Crippen LogP contribution is -2.26. The van der Waals surface area contributed by atoms with Gasteiger partial charge in [0.2, 0.25) is 0 Å². The number of Topliss-reactive ketones (excluding diaryl/α,β-unsaturated/α-hetero) is 1. The van der Waals surface area contributed by atoms with E-state index in [0.29, 0.717) is 11.6 Å². The highest BCUT2D eigenvalue weighted by atomic mass is 35.5. The number of carbonyl (C=O) groups excluding carboxylic acids is 1. The van der Waals surface area contributed by atoms with Gasteiger partial charge in [0.25, 0.3) is 5.56 Å². The molecular weight excluding hydrogens is 286 g/mol. The minimum atomic E-state index is -0.219. The molecule has 0 fully saturated rings. The summed E-state index contributed by atoms with van der Waals surface area (Å²) in [5.41, 5.74) is 1.75. The molecule has 0 unspecified atom stereocenters. The van der Waals surface area contributed by atoms with Crippen LogP contribution in [0.4, 0.5) is 0 Å². The number of nitrogens with zero attached hydrogens (tertiary/aromatic N) is 1. The van der Waals surface area contributed by atoms with Crippen LogP contribution in [0.15, 0.2) is 41.2 Å². The van der Waals surface area contributed by atoms with E-state index in [1.165, 1.54) is 6.92 Å². The Morgan fingerprint density at radius 3 is 2.38 bits per heavy atom. The van der Waals surface area contributed by atoms with Crippen LogP contribution in [-0.4, -0.2) is 10.4 Å². The predicted molar refractivity (Wildman–Crippen MR) is 86.1 cm³/mol. The number of carbonyl (C=O) groups is 1. The molecule has 1 aromatic carbocycles. The van der Waals surface area contributed by atoms with Crippen molar-refractivity contribution in [3.8, 4) is 11.3 Å². The molecule has 3 nitrogen and oxygen atoms in total. The topological polar surface area (TPSA) is 39.1 Å². The van der Waals surface area contributed by atoms with Crippen LogP contribution >= 0.6 is 11.6 Å². The highest BCUT2D eigenvalue weighted by Crippen LogP contribution is 2.21. The minimum absolute atomic E-state index is 0.201. The molecule has 110 valence electrons. The van der Waals surface area contributed by atoms with E-state index in [9.17, 15) is 9.59 Å². The first-order chi connectivity index (χ1) is 10.0. The number of pyridine rings is 1. The first-order valence-electron chi connectivity index (χ1n) is 7.05. The smallest absolute Gasteiger partial charge is 0.261 e. The maximum absolute atomic E-state index is 12.5. The number of hydrogen-bond donors (Lipinski definition) is 0. The molecule has 0 bridgehead atoms. The lowest BCUT2D eigenvalue weighted by atomic mass is 10.1. The molecule has 0 aliphatic heterocycles. The summed E-state index contributed by atoms with van der Waals surface area (Å²) in [7, 11) is 0. The van der Waals surface area contributed by atoms with Crippen LogP contribution in [-0.2, 0) is 6.54 Å². The third-order valence-corrected chi connectivity index (χ3v) is 3.68. The fourth-order valence-electron chi connectivity index (χ4n) is 2.26. The van der Waals surface area contributed by atoms with Crippen LogP contribution in [0.25, 0.3) is 11.3 Å². The number of hydrogen-bond acceptors (Lipinski definition) is 2. The lowest BCUT2D eigenvalue weighted by molar-refractivity contribution is 0.101. The van der Waals surface area contributed by atoms with Crippen molar-refractivity contribution in [1.29, 1.82) is 0 Å². The Hall–Kier alpha value is -1.87. The van der Waals surface area contributed by atoms with Crippen molar-refractivity contribution in [3.63, 3.8) is 0 Å². The average Bonchev–Trinajstić information content (AvgIpc) is 2.46. The molecule has 0 radical (unpaired) electrons. The monoisotopic (exact) mass is 303 g/mol. The highest BCUT2D eigenvalue weighted by Gasteiger charge is 2.12. The van der Waals surface area contributed by atoms with Crippen molar-refractivity contribution in [2.75, 3.05) is 0 Å². The molecule has 4 heteroatoms. The van der Waals surface area contributed by atoms with Gasteiger partial charge < -0.3 is 4.57 Å². The van der Waals surface area contributed by atoms with Crippen LogP contribution in [0.1, 0.15) is 37.0 Å². The molecule has 0 atom stereocenters. The summed E-state index contributed by atoms with van der Waals surface area (Å²) in [6.07, 6.45) is 1.87. The number of aromatic nitrogens is 1. The van der Waals surface area contributed by atoms with E-state index in [2.05, 4.69) is 6.92 Å². The summed E-state index contributed by atoms with van der Waals surface area (Å²) in [5.74, 6) is -0.201. The van der Waals surface area contributed by atoms with Crippen molar-refractivity contribution < 1.29 is 4.79 Å². The standard InChI is InChI=1S/C17H18ClNO2/c1-3-4-11-19-16(13-5-7-14(18)8-6-13)10-9-15(12(2)20)17(19)21/h5-10H,3-4,11H2,1-2H3. The van der Waals surface area contributed by atoms with Gasteiger partial charge in [-0.15, -0.1) is 0 Å². The van der Waals surface area contributed by atoms with Crippen molar-refractivity contribution in [1.82, 2.24) is 4.57 Å². The molecule has 21 heavy (non-hydrogen) atoms. The van der Waals surface area contributed by atoms with Gasteiger partial charge in [0, 0.05) is 11.6 Å². The highest BCUT2D eigenvalue weighted by molar-refractivity contribution is 6.30. The lowest BCUT2D eigenvalue weighted by Gasteiger charge is -2.14. The maximum Gasteiger partial charge on any atom is 0.261 e. The maximum atomic E-state index is 12.5. The van der Waals surface area contributed by atoms with Gasteiger partial charge in [-0.2, -0.15) is 0 Å². The van der Waals surface area contributed by atoms with E-state index >= 15 is 0 Å². The van der Waals surface area contributed by atoms with Gasteiger partial charge >= 0.3 is 0 Å². The molecule has 1 aromatic heterocycles. The van der Waals surface area contributed by atoms with Crippen molar-refractivity contribution in [2.45, 2.75) is 33.2 Å². The molecule has 0 saturated heterocycles. The Morgan fingerprint density at radius 1 is 1.14 bits per heavy atom. The second-order valence-corrected chi connectivity index (χ2v) is 5.44. The van der Waals surface area contributed by atoms with Gasteiger partial charge in [-0.25, -0.2) is 0 Å². The average molecular weight is 304 g/mol. The molecule has 0 N–H and O–H groups in total. The molecule has 0 saturated carbocycles. The molecule has 0 aliphatic carbocycles. The third-order valence-electron chi connectivity index (χ3n) is 3.43. The zero-order valence-corrected chi connectivity index (χ0v) is 13.0. The van der Waals surface area contributed by atoms with E-state index in [1.807, 2.05) is 18.2 Å². The fraction of sp³-hybridized carbons (Fsp3) is 0.294. The molecule has 1 heterocycles. The summed E-state index contributed by atoms with van der Waals surface area (Å²) in [5, 5.41) is 0.654. The number of rotatable bonds is 5. The van der Waals surface area contributed by atoms with E-state index in [0.717, 1.165) is 24.1 Å². The minimum Gasteiger partial charge on any atom is -0.308 e. The quantitative estimate of drug-likeness (QED) is 0.778. The Balaban J connectivity index is 2.59. The van der Waals surface area contributed by atoms with Crippen LogP contribution in [0.2, 0.25) is 5.02 Å². The first-order valence-corrected chi connectivity index (χ1v) is 7.43. The van der Waals surface area contributed by atoms with Crippen LogP contribution < -0.4 is 5.56 Å².